The molecule has 68 valence electrons. The predicted octanol–water partition coefficient (Wildman–Crippen LogP) is 3.60. The first-order chi connectivity index (χ1) is 6.18. The maximum absolute atomic E-state index is 5.84. The molecule has 2 nitrogen and oxygen atoms in total. The zero-order valence-electron chi connectivity index (χ0n) is 7.54. The Kier molecular flexibility index (Phi) is 2.00. The molecule has 0 bridgehead atoms. The summed E-state index contributed by atoms with van der Waals surface area (Å²) in [6, 6.07) is 5.97. The third kappa shape index (κ3) is 1.42. The lowest BCUT2D eigenvalue weighted by molar-refractivity contribution is 0.457. The summed E-state index contributed by atoms with van der Waals surface area (Å²) in [5.41, 5.74) is 1.99. The van der Waals surface area contributed by atoms with Gasteiger partial charge in [0.15, 0.2) is 10.7 Å². The van der Waals surface area contributed by atoms with E-state index in [1.165, 1.54) is 5.56 Å². The zero-order chi connectivity index (χ0) is 9.42. The number of nitrogens with zero attached hydrogens (tertiary/aromatic N) is 1. The molecule has 0 radical (unpaired) electrons. The van der Waals surface area contributed by atoms with Gasteiger partial charge in [0.1, 0.15) is 0 Å². The minimum Gasteiger partial charge on any atom is -0.355 e. The summed E-state index contributed by atoms with van der Waals surface area (Å²) in [5, 5.41) is 5.02. The molecule has 0 saturated carbocycles. The van der Waals surface area contributed by atoms with Crippen LogP contribution in [0.5, 0.6) is 0 Å². The van der Waals surface area contributed by atoms with Crippen LogP contribution in [0.3, 0.4) is 0 Å². The second-order valence-corrected chi connectivity index (χ2v) is 3.74. The average Bonchev–Trinajstić information content (AvgIpc) is 2.47. The first-order valence-electron chi connectivity index (χ1n) is 4.23. The molecule has 0 fully saturated rings. The van der Waals surface area contributed by atoms with Crippen LogP contribution < -0.4 is 0 Å². The van der Waals surface area contributed by atoms with Crippen LogP contribution in [0, 0.1) is 0 Å². The quantitative estimate of drug-likeness (QED) is 0.695. The van der Waals surface area contributed by atoms with Gasteiger partial charge >= 0.3 is 0 Å². The highest BCUT2D eigenvalue weighted by atomic mass is 35.5. The first kappa shape index (κ1) is 8.57. The van der Waals surface area contributed by atoms with Crippen molar-refractivity contribution in [2.75, 3.05) is 0 Å². The zero-order valence-corrected chi connectivity index (χ0v) is 8.30. The van der Waals surface area contributed by atoms with Crippen molar-refractivity contribution >= 4 is 22.6 Å². The predicted molar refractivity (Wildman–Crippen MR) is 53.1 cm³/mol. The van der Waals surface area contributed by atoms with Crippen molar-refractivity contribution in [3.05, 3.63) is 28.9 Å². The Morgan fingerprint density at radius 3 is 2.85 bits per heavy atom. The second kappa shape index (κ2) is 3.04. The monoisotopic (exact) mass is 195 g/mol. The molecule has 0 aliphatic carbocycles. The van der Waals surface area contributed by atoms with Crippen LogP contribution in [-0.4, -0.2) is 5.16 Å². The molecule has 0 saturated heterocycles. The van der Waals surface area contributed by atoms with Crippen molar-refractivity contribution in [2.24, 2.45) is 0 Å². The van der Waals surface area contributed by atoms with Gasteiger partial charge in [0.2, 0.25) is 0 Å². The Hall–Kier alpha value is -1.02. The van der Waals surface area contributed by atoms with Crippen LogP contribution in [0.2, 0.25) is 5.15 Å². The minimum absolute atomic E-state index is 0.442. The van der Waals surface area contributed by atoms with Crippen molar-refractivity contribution in [1.82, 2.24) is 5.16 Å². The fourth-order valence-electron chi connectivity index (χ4n) is 1.29. The number of aromatic nitrogens is 1. The lowest BCUT2D eigenvalue weighted by atomic mass is 10.0. The lowest BCUT2D eigenvalue weighted by Crippen LogP contribution is -1.85. The Morgan fingerprint density at radius 1 is 1.38 bits per heavy atom. The van der Waals surface area contributed by atoms with Crippen LogP contribution in [0.4, 0.5) is 0 Å². The fraction of sp³-hybridized carbons (Fsp3) is 0.300. The molecule has 1 heterocycles. The van der Waals surface area contributed by atoms with Crippen molar-refractivity contribution in [3.63, 3.8) is 0 Å². The molecular formula is C10H10ClNO. The molecule has 0 amide bonds. The van der Waals surface area contributed by atoms with Crippen molar-refractivity contribution in [1.29, 1.82) is 0 Å². The topological polar surface area (TPSA) is 26.0 Å². The fourth-order valence-corrected chi connectivity index (χ4v) is 1.47. The average molecular weight is 196 g/mol. The number of halogens is 1. The van der Waals surface area contributed by atoms with Gasteiger partial charge in [-0.05, 0) is 23.6 Å². The smallest absolute Gasteiger partial charge is 0.180 e. The van der Waals surface area contributed by atoms with Crippen molar-refractivity contribution < 1.29 is 4.52 Å². The summed E-state index contributed by atoms with van der Waals surface area (Å²) in [5.74, 6) is 0.496. The van der Waals surface area contributed by atoms with Crippen molar-refractivity contribution in [2.45, 2.75) is 19.8 Å². The number of hydrogen-bond acceptors (Lipinski definition) is 2. The summed E-state index contributed by atoms with van der Waals surface area (Å²) in [7, 11) is 0. The van der Waals surface area contributed by atoms with Gasteiger partial charge in [-0.25, -0.2) is 0 Å². The SMILES string of the molecule is CC(C)c1ccc2onc(Cl)c2c1. The van der Waals surface area contributed by atoms with E-state index in [2.05, 4.69) is 19.0 Å². The summed E-state index contributed by atoms with van der Waals surface area (Å²) in [6.45, 7) is 4.28. The van der Waals surface area contributed by atoms with Gasteiger partial charge in [-0.2, -0.15) is 0 Å². The largest absolute Gasteiger partial charge is 0.355 e. The van der Waals surface area contributed by atoms with Crippen LogP contribution >= 0.6 is 11.6 Å². The third-order valence-electron chi connectivity index (χ3n) is 2.12. The van der Waals surface area contributed by atoms with Crippen LogP contribution in [0.25, 0.3) is 11.0 Å². The summed E-state index contributed by atoms with van der Waals surface area (Å²) < 4.78 is 5.00. The minimum atomic E-state index is 0.442. The van der Waals surface area contributed by atoms with E-state index in [0.29, 0.717) is 11.1 Å². The highest BCUT2D eigenvalue weighted by molar-refractivity contribution is 6.34. The second-order valence-electron chi connectivity index (χ2n) is 3.38. The lowest BCUT2D eigenvalue weighted by Gasteiger charge is -2.03. The molecule has 0 spiro atoms. The molecule has 1 aromatic carbocycles. The van der Waals surface area contributed by atoms with E-state index in [1.54, 1.807) is 0 Å². The highest BCUT2D eigenvalue weighted by Gasteiger charge is 2.07. The highest BCUT2D eigenvalue weighted by Crippen LogP contribution is 2.26. The summed E-state index contributed by atoms with van der Waals surface area (Å²) in [4.78, 5) is 0. The van der Waals surface area contributed by atoms with E-state index in [0.717, 1.165) is 11.0 Å². The molecule has 0 unspecified atom stereocenters. The van der Waals surface area contributed by atoms with Gasteiger partial charge in [-0.1, -0.05) is 36.7 Å². The number of fused-ring (bicyclic) bond motifs is 1. The van der Waals surface area contributed by atoms with E-state index >= 15 is 0 Å². The van der Waals surface area contributed by atoms with Gasteiger partial charge in [0, 0.05) is 0 Å². The van der Waals surface area contributed by atoms with Crippen LogP contribution in [0.1, 0.15) is 25.3 Å². The maximum atomic E-state index is 5.84. The molecule has 0 atom stereocenters. The summed E-state index contributed by atoms with van der Waals surface area (Å²) >= 11 is 5.84. The Labute approximate surface area is 81.5 Å². The van der Waals surface area contributed by atoms with Gasteiger partial charge in [0.25, 0.3) is 0 Å². The number of benzene rings is 1. The van der Waals surface area contributed by atoms with Gasteiger partial charge in [-0.15, -0.1) is 0 Å². The first-order valence-corrected chi connectivity index (χ1v) is 4.61. The number of hydrogen-bond donors (Lipinski definition) is 0. The normalized spacial score (nSPS) is 11.4. The molecule has 0 N–H and O–H groups in total. The van der Waals surface area contributed by atoms with Crippen molar-refractivity contribution in [3.8, 4) is 0 Å². The van der Waals surface area contributed by atoms with E-state index in [9.17, 15) is 0 Å². The molecular weight excluding hydrogens is 186 g/mol. The molecule has 2 aromatic rings. The Bertz CT molecular complexity index is 433. The molecule has 13 heavy (non-hydrogen) atoms. The van der Waals surface area contributed by atoms with Crippen LogP contribution in [-0.2, 0) is 0 Å². The van der Waals surface area contributed by atoms with E-state index in [-0.39, 0.29) is 0 Å². The summed E-state index contributed by atoms with van der Waals surface area (Å²) in [6.07, 6.45) is 0. The standard InChI is InChI=1S/C10H10ClNO/c1-6(2)7-3-4-9-8(5-7)10(11)12-13-9/h3-6H,1-2H3. The van der Waals surface area contributed by atoms with Gasteiger partial charge in [-0.3, -0.25) is 0 Å². The molecule has 2 rings (SSSR count). The van der Waals surface area contributed by atoms with Crippen LogP contribution in [0.15, 0.2) is 22.7 Å². The van der Waals surface area contributed by atoms with E-state index in [1.807, 2.05) is 18.2 Å². The van der Waals surface area contributed by atoms with E-state index < -0.39 is 0 Å². The number of rotatable bonds is 1. The van der Waals surface area contributed by atoms with Gasteiger partial charge < -0.3 is 4.52 Å². The third-order valence-corrected chi connectivity index (χ3v) is 2.39. The Morgan fingerprint density at radius 2 is 2.15 bits per heavy atom. The molecule has 0 aliphatic heterocycles. The molecule has 3 heteroatoms. The maximum Gasteiger partial charge on any atom is 0.180 e. The van der Waals surface area contributed by atoms with E-state index in [4.69, 9.17) is 16.1 Å². The molecule has 1 aromatic heterocycles. The molecule has 0 aliphatic rings. The van der Waals surface area contributed by atoms with Gasteiger partial charge in [0.05, 0.1) is 5.39 Å². The Balaban J connectivity index is 2.66.